The summed E-state index contributed by atoms with van der Waals surface area (Å²) in [6.45, 7) is 15.0. The summed E-state index contributed by atoms with van der Waals surface area (Å²) in [5.74, 6) is 21.7. The maximum atomic E-state index is 14.0. The third kappa shape index (κ3) is 10.7. The van der Waals surface area contributed by atoms with E-state index in [4.69, 9.17) is 0 Å². The largest absolute Gasteiger partial charge is 0.207 e. The molecule has 0 spiro atoms. The van der Waals surface area contributed by atoms with Crippen molar-refractivity contribution in [2.75, 3.05) is 0 Å². The Labute approximate surface area is 328 Å². The summed E-state index contributed by atoms with van der Waals surface area (Å²) in [6, 6.07) is 28.9. The molecule has 0 N–H and O–H groups in total. The molecule has 0 heterocycles. The topological polar surface area (TPSA) is 0 Å². The van der Waals surface area contributed by atoms with Crippen molar-refractivity contribution in [2.24, 2.45) is 0 Å². The lowest BCUT2D eigenvalue weighted by molar-refractivity contribution is 0.567. The van der Waals surface area contributed by atoms with Gasteiger partial charge in [-0.25, -0.2) is 17.6 Å². The SMILES string of the molecule is Cc1ccc(C#Cc2c(C)cc(C#Cc3c(F)cc(C)cc3F)cc2C)cc1.Cc1ccc(C#Cc2c(C)cc(C#Cc3cc(F)c(C)c(F)c3)cc2C)cc1. The molecule has 0 unspecified atom stereocenters. The Morgan fingerprint density at radius 2 is 0.589 bits per heavy atom. The van der Waals surface area contributed by atoms with Crippen LogP contribution in [0.1, 0.15) is 89.0 Å². The zero-order chi connectivity index (χ0) is 40.5. The predicted molar refractivity (Wildman–Crippen MR) is 220 cm³/mol. The van der Waals surface area contributed by atoms with Gasteiger partial charge in [0.25, 0.3) is 0 Å². The maximum Gasteiger partial charge on any atom is 0.142 e. The van der Waals surface area contributed by atoms with Crippen molar-refractivity contribution < 1.29 is 17.6 Å². The second-order valence-electron chi connectivity index (χ2n) is 13.9. The van der Waals surface area contributed by atoms with Crippen LogP contribution >= 0.6 is 0 Å². The average Bonchev–Trinajstić information content (AvgIpc) is 3.13. The van der Waals surface area contributed by atoms with E-state index in [1.807, 2.05) is 114 Å². The van der Waals surface area contributed by atoms with Crippen LogP contribution in [0.3, 0.4) is 0 Å². The van der Waals surface area contributed by atoms with Crippen LogP contribution in [0.4, 0.5) is 17.6 Å². The Morgan fingerprint density at radius 1 is 0.286 bits per heavy atom. The third-order valence-corrected chi connectivity index (χ3v) is 8.98. The fourth-order valence-electron chi connectivity index (χ4n) is 5.82. The van der Waals surface area contributed by atoms with E-state index in [2.05, 4.69) is 47.4 Å². The molecular weight excluding hydrogens is 701 g/mol. The molecular formula is C52H40F4. The van der Waals surface area contributed by atoms with E-state index < -0.39 is 23.3 Å². The fraction of sp³-hybridized carbons (Fsp3) is 0.154. The van der Waals surface area contributed by atoms with Gasteiger partial charge < -0.3 is 0 Å². The predicted octanol–water partition coefficient (Wildman–Crippen LogP) is 12.0. The summed E-state index contributed by atoms with van der Waals surface area (Å²) < 4.78 is 55.3. The van der Waals surface area contributed by atoms with Crippen LogP contribution in [-0.4, -0.2) is 0 Å². The molecule has 0 saturated carbocycles. The summed E-state index contributed by atoms with van der Waals surface area (Å²) in [4.78, 5) is 0. The van der Waals surface area contributed by atoms with E-state index in [1.54, 1.807) is 6.92 Å². The van der Waals surface area contributed by atoms with Gasteiger partial charge in [-0.1, -0.05) is 82.8 Å². The Balaban J connectivity index is 0.000000214. The normalized spacial score (nSPS) is 9.93. The summed E-state index contributed by atoms with van der Waals surface area (Å²) >= 11 is 0. The van der Waals surface area contributed by atoms with Gasteiger partial charge in [-0.2, -0.15) is 0 Å². The second kappa shape index (κ2) is 18.1. The smallest absolute Gasteiger partial charge is 0.142 e. The molecule has 0 fully saturated rings. The lowest BCUT2D eigenvalue weighted by Crippen LogP contribution is -1.93. The van der Waals surface area contributed by atoms with Gasteiger partial charge >= 0.3 is 0 Å². The highest BCUT2D eigenvalue weighted by Gasteiger charge is 2.09. The van der Waals surface area contributed by atoms with E-state index in [1.165, 1.54) is 42.3 Å². The molecule has 4 heteroatoms. The zero-order valence-corrected chi connectivity index (χ0v) is 32.7. The van der Waals surface area contributed by atoms with E-state index in [9.17, 15) is 17.6 Å². The van der Waals surface area contributed by atoms with Crippen LogP contribution in [0.2, 0.25) is 0 Å². The number of hydrogen-bond donors (Lipinski definition) is 0. The standard InChI is InChI=1S/2C26H20F2/c1-17-5-7-21(8-6-17)9-11-23-19(3)15-22(16-20(23)4)10-12-24-25(27)13-18(2)14-26(24)28;1-17-5-7-21(8-6-17)11-12-24-18(2)13-22(14-19(24)3)9-10-23-15-25(27)20(4)26(28)16-23/h2*5-8,13-16H,1-4H3. The number of hydrogen-bond acceptors (Lipinski definition) is 0. The Kier molecular flexibility index (Phi) is 13.1. The van der Waals surface area contributed by atoms with Crippen molar-refractivity contribution in [3.05, 3.63) is 209 Å². The lowest BCUT2D eigenvalue weighted by Gasteiger charge is -2.05. The van der Waals surface area contributed by atoms with Crippen molar-refractivity contribution in [1.29, 1.82) is 0 Å². The Bertz CT molecular complexity index is 2610. The fourth-order valence-corrected chi connectivity index (χ4v) is 5.82. The van der Waals surface area contributed by atoms with Crippen molar-refractivity contribution in [3.8, 4) is 47.4 Å². The summed E-state index contributed by atoms with van der Waals surface area (Å²) in [7, 11) is 0. The Morgan fingerprint density at radius 3 is 0.964 bits per heavy atom. The first-order chi connectivity index (χ1) is 26.7. The molecule has 0 aromatic heterocycles. The monoisotopic (exact) mass is 740 g/mol. The Hall–Kier alpha value is -6.72. The van der Waals surface area contributed by atoms with Crippen LogP contribution in [0.5, 0.6) is 0 Å². The second-order valence-corrected chi connectivity index (χ2v) is 13.9. The minimum atomic E-state index is -0.640. The summed E-state index contributed by atoms with van der Waals surface area (Å²) in [5.41, 5.74) is 12.4. The number of rotatable bonds is 0. The number of benzene rings is 6. The lowest BCUT2D eigenvalue weighted by atomic mass is 9.99. The van der Waals surface area contributed by atoms with Gasteiger partial charge in [0.15, 0.2) is 0 Å². The van der Waals surface area contributed by atoms with Crippen molar-refractivity contribution >= 4 is 0 Å². The van der Waals surface area contributed by atoms with Crippen LogP contribution in [0.15, 0.2) is 97.1 Å². The first kappa shape index (κ1) is 40.5. The summed E-state index contributed by atoms with van der Waals surface area (Å²) in [5, 5.41) is 0. The van der Waals surface area contributed by atoms with Gasteiger partial charge in [0.05, 0.1) is 5.56 Å². The minimum Gasteiger partial charge on any atom is -0.207 e. The molecule has 0 aliphatic rings. The average molecular weight is 741 g/mol. The van der Waals surface area contributed by atoms with Gasteiger partial charge in [0.2, 0.25) is 0 Å². The highest BCUT2D eigenvalue weighted by atomic mass is 19.1. The van der Waals surface area contributed by atoms with Gasteiger partial charge in [0, 0.05) is 44.5 Å². The molecule has 0 nitrogen and oxygen atoms in total. The molecule has 0 aliphatic carbocycles. The van der Waals surface area contributed by atoms with E-state index in [-0.39, 0.29) is 11.1 Å². The van der Waals surface area contributed by atoms with Gasteiger partial charge in [-0.3, -0.25) is 0 Å². The van der Waals surface area contributed by atoms with Gasteiger partial charge in [-0.05, 0) is 156 Å². The van der Waals surface area contributed by atoms with Crippen LogP contribution < -0.4 is 0 Å². The zero-order valence-electron chi connectivity index (χ0n) is 32.7. The maximum absolute atomic E-state index is 14.0. The van der Waals surface area contributed by atoms with Crippen molar-refractivity contribution in [1.82, 2.24) is 0 Å². The van der Waals surface area contributed by atoms with E-state index >= 15 is 0 Å². The molecule has 6 rings (SSSR count). The first-order valence-electron chi connectivity index (χ1n) is 18.0. The molecule has 56 heavy (non-hydrogen) atoms. The van der Waals surface area contributed by atoms with E-state index in [0.717, 1.165) is 50.1 Å². The molecule has 0 atom stereocenters. The van der Waals surface area contributed by atoms with Crippen LogP contribution in [-0.2, 0) is 0 Å². The van der Waals surface area contributed by atoms with Crippen LogP contribution in [0.25, 0.3) is 0 Å². The first-order valence-corrected chi connectivity index (χ1v) is 18.0. The third-order valence-electron chi connectivity index (χ3n) is 8.98. The molecule has 0 amide bonds. The highest BCUT2D eigenvalue weighted by Crippen LogP contribution is 2.19. The molecule has 0 aliphatic heterocycles. The molecule has 0 saturated heterocycles. The molecule has 6 aromatic carbocycles. The van der Waals surface area contributed by atoms with Crippen LogP contribution in [0, 0.1) is 126 Å². The van der Waals surface area contributed by atoms with E-state index in [0.29, 0.717) is 16.7 Å². The quantitative estimate of drug-likeness (QED) is 0.107. The van der Waals surface area contributed by atoms with Crippen molar-refractivity contribution in [3.63, 3.8) is 0 Å². The van der Waals surface area contributed by atoms with Gasteiger partial charge in [0.1, 0.15) is 23.3 Å². The highest BCUT2D eigenvalue weighted by molar-refractivity contribution is 5.57. The molecule has 0 bridgehead atoms. The van der Waals surface area contributed by atoms with Gasteiger partial charge in [-0.15, -0.1) is 0 Å². The summed E-state index contributed by atoms with van der Waals surface area (Å²) in [6.07, 6.45) is 0. The molecule has 0 radical (unpaired) electrons. The number of halogens is 4. The van der Waals surface area contributed by atoms with Crippen molar-refractivity contribution in [2.45, 2.75) is 55.4 Å². The number of aryl methyl sites for hydroxylation is 7. The molecule has 6 aromatic rings. The molecule has 276 valence electrons. The minimum absolute atomic E-state index is 0.00810.